The lowest BCUT2D eigenvalue weighted by molar-refractivity contribution is 0.781. The maximum absolute atomic E-state index is 8.98. The highest BCUT2D eigenvalue weighted by Crippen LogP contribution is 2.36. The Labute approximate surface area is 118 Å². The average Bonchev–Trinajstić information content (AvgIpc) is 2.84. The first-order chi connectivity index (χ1) is 9.02. The Morgan fingerprint density at radius 2 is 1.89 bits per heavy atom. The largest absolute Gasteiger partial charge is 0.241 e. The normalized spacial score (nSPS) is 11.0. The highest BCUT2D eigenvalue weighted by molar-refractivity contribution is 7.15. The fourth-order valence-corrected chi connectivity index (χ4v) is 3.23. The van der Waals surface area contributed by atoms with Crippen LogP contribution in [0.5, 0.6) is 0 Å². The Bertz CT molecular complexity index is 592. The summed E-state index contributed by atoms with van der Waals surface area (Å²) in [6.45, 7) is 8.76. The Balaban J connectivity index is 2.51. The summed E-state index contributed by atoms with van der Waals surface area (Å²) in [5, 5.41) is 10.00. The number of benzene rings is 1. The lowest BCUT2D eigenvalue weighted by atomic mass is 10.0. The van der Waals surface area contributed by atoms with E-state index >= 15 is 0 Å². The molecule has 2 rings (SSSR count). The van der Waals surface area contributed by atoms with Crippen LogP contribution in [0.2, 0.25) is 0 Å². The van der Waals surface area contributed by atoms with Crippen molar-refractivity contribution >= 4 is 11.3 Å². The summed E-state index contributed by atoms with van der Waals surface area (Å²) < 4.78 is 0. The number of nitriles is 1. The van der Waals surface area contributed by atoms with Gasteiger partial charge in [-0.15, -0.1) is 11.3 Å². The van der Waals surface area contributed by atoms with Crippen molar-refractivity contribution in [1.29, 1.82) is 5.26 Å². The van der Waals surface area contributed by atoms with Gasteiger partial charge >= 0.3 is 0 Å². The quantitative estimate of drug-likeness (QED) is 0.793. The zero-order valence-corrected chi connectivity index (χ0v) is 12.6. The Morgan fingerprint density at radius 1 is 1.16 bits per heavy atom. The second-order valence-corrected chi connectivity index (χ2v) is 6.30. The molecule has 19 heavy (non-hydrogen) atoms. The van der Waals surface area contributed by atoms with Crippen LogP contribution in [0, 0.1) is 11.3 Å². The zero-order valence-electron chi connectivity index (χ0n) is 11.8. The van der Waals surface area contributed by atoms with Gasteiger partial charge in [0.25, 0.3) is 0 Å². The summed E-state index contributed by atoms with van der Waals surface area (Å²) in [4.78, 5) is 6.14. The molecule has 0 aliphatic heterocycles. The zero-order chi connectivity index (χ0) is 14.0. The van der Waals surface area contributed by atoms with Gasteiger partial charge < -0.3 is 0 Å². The molecule has 0 spiro atoms. The molecule has 0 amide bonds. The standard InChI is InChI=1S/C16H18N2S/c1-10(2)14-15(11(3)4)19-16(18-14)13-7-5-6-12(8-13)9-17/h5-8,10-11H,1-4H3. The summed E-state index contributed by atoms with van der Waals surface area (Å²) in [5.74, 6) is 0.921. The molecule has 98 valence electrons. The van der Waals surface area contributed by atoms with Crippen molar-refractivity contribution in [2.75, 3.05) is 0 Å². The molecule has 0 bridgehead atoms. The Morgan fingerprint density at radius 3 is 2.42 bits per heavy atom. The van der Waals surface area contributed by atoms with Gasteiger partial charge in [0.15, 0.2) is 0 Å². The molecule has 0 aliphatic carbocycles. The van der Waals surface area contributed by atoms with Crippen LogP contribution in [0.3, 0.4) is 0 Å². The van der Waals surface area contributed by atoms with E-state index in [2.05, 4.69) is 33.8 Å². The summed E-state index contributed by atoms with van der Waals surface area (Å²) >= 11 is 1.75. The van der Waals surface area contributed by atoms with Gasteiger partial charge in [0.05, 0.1) is 17.3 Å². The Kier molecular flexibility index (Phi) is 4.01. The molecule has 3 heteroatoms. The van der Waals surface area contributed by atoms with Crippen LogP contribution in [0.4, 0.5) is 0 Å². The van der Waals surface area contributed by atoms with Gasteiger partial charge in [0.2, 0.25) is 0 Å². The summed E-state index contributed by atoms with van der Waals surface area (Å²) in [5.41, 5.74) is 2.92. The van der Waals surface area contributed by atoms with Crippen LogP contribution in [0.25, 0.3) is 10.6 Å². The molecule has 0 fully saturated rings. The summed E-state index contributed by atoms with van der Waals surface area (Å²) in [6, 6.07) is 9.85. The van der Waals surface area contributed by atoms with Gasteiger partial charge in [0, 0.05) is 10.4 Å². The second-order valence-electron chi connectivity index (χ2n) is 5.27. The predicted octanol–water partition coefficient (Wildman–Crippen LogP) is 4.93. The van der Waals surface area contributed by atoms with Crippen molar-refractivity contribution in [3.63, 3.8) is 0 Å². The predicted molar refractivity (Wildman–Crippen MR) is 80.4 cm³/mol. The van der Waals surface area contributed by atoms with Crippen molar-refractivity contribution in [3.05, 3.63) is 40.4 Å². The lowest BCUT2D eigenvalue weighted by Gasteiger charge is -2.07. The lowest BCUT2D eigenvalue weighted by Crippen LogP contribution is -1.94. The monoisotopic (exact) mass is 270 g/mol. The van der Waals surface area contributed by atoms with Gasteiger partial charge in [-0.2, -0.15) is 5.26 Å². The van der Waals surface area contributed by atoms with Crippen LogP contribution < -0.4 is 0 Å². The molecule has 0 aliphatic rings. The highest BCUT2D eigenvalue weighted by atomic mass is 32.1. The number of hydrogen-bond acceptors (Lipinski definition) is 3. The van der Waals surface area contributed by atoms with Gasteiger partial charge in [-0.1, -0.05) is 39.8 Å². The van der Waals surface area contributed by atoms with Crippen molar-refractivity contribution < 1.29 is 0 Å². The van der Waals surface area contributed by atoms with E-state index in [0.717, 1.165) is 10.6 Å². The van der Waals surface area contributed by atoms with Crippen LogP contribution >= 0.6 is 11.3 Å². The van der Waals surface area contributed by atoms with Crippen LogP contribution in [-0.4, -0.2) is 4.98 Å². The van der Waals surface area contributed by atoms with Gasteiger partial charge in [0.1, 0.15) is 5.01 Å². The molecule has 2 nitrogen and oxygen atoms in total. The van der Waals surface area contributed by atoms with E-state index in [-0.39, 0.29) is 0 Å². The second kappa shape index (κ2) is 5.54. The van der Waals surface area contributed by atoms with E-state index in [1.165, 1.54) is 10.6 Å². The fourth-order valence-electron chi connectivity index (χ4n) is 2.02. The number of thiazole rings is 1. The van der Waals surface area contributed by atoms with Gasteiger partial charge in [-0.05, 0) is 24.0 Å². The topological polar surface area (TPSA) is 36.7 Å². The molecule has 0 radical (unpaired) electrons. The first-order valence-corrected chi connectivity index (χ1v) is 7.35. The SMILES string of the molecule is CC(C)c1nc(-c2cccc(C#N)c2)sc1C(C)C. The third-order valence-electron chi connectivity index (χ3n) is 2.99. The molecular formula is C16H18N2S. The first-order valence-electron chi connectivity index (χ1n) is 6.54. The van der Waals surface area contributed by atoms with Crippen LogP contribution in [0.15, 0.2) is 24.3 Å². The highest BCUT2D eigenvalue weighted by Gasteiger charge is 2.17. The Hall–Kier alpha value is -1.66. The maximum Gasteiger partial charge on any atom is 0.123 e. The van der Waals surface area contributed by atoms with Gasteiger partial charge in [-0.25, -0.2) is 4.98 Å². The molecule has 0 saturated carbocycles. The van der Waals surface area contributed by atoms with E-state index < -0.39 is 0 Å². The van der Waals surface area contributed by atoms with Crippen LogP contribution in [0.1, 0.15) is 55.7 Å². The number of aromatic nitrogens is 1. The minimum absolute atomic E-state index is 0.432. The minimum atomic E-state index is 0.432. The van der Waals surface area contributed by atoms with Crippen molar-refractivity contribution in [1.82, 2.24) is 4.98 Å². The summed E-state index contributed by atoms with van der Waals surface area (Å²) in [7, 11) is 0. The summed E-state index contributed by atoms with van der Waals surface area (Å²) in [6.07, 6.45) is 0. The number of nitrogens with zero attached hydrogens (tertiary/aromatic N) is 2. The van der Waals surface area contributed by atoms with E-state index in [0.29, 0.717) is 17.4 Å². The number of hydrogen-bond donors (Lipinski definition) is 0. The van der Waals surface area contributed by atoms with E-state index in [1.54, 1.807) is 11.3 Å². The van der Waals surface area contributed by atoms with Crippen molar-refractivity contribution in [2.45, 2.75) is 39.5 Å². The molecule has 2 aromatic rings. The third-order valence-corrected chi connectivity index (χ3v) is 4.41. The molecule has 1 heterocycles. The molecule has 0 saturated heterocycles. The van der Waals surface area contributed by atoms with Crippen molar-refractivity contribution in [3.8, 4) is 16.6 Å². The maximum atomic E-state index is 8.98. The average molecular weight is 270 g/mol. The van der Waals surface area contributed by atoms with E-state index in [9.17, 15) is 0 Å². The molecule has 0 N–H and O–H groups in total. The molecule has 0 atom stereocenters. The minimum Gasteiger partial charge on any atom is -0.241 e. The van der Waals surface area contributed by atoms with Gasteiger partial charge in [-0.3, -0.25) is 0 Å². The smallest absolute Gasteiger partial charge is 0.123 e. The number of rotatable bonds is 3. The van der Waals surface area contributed by atoms with Crippen LogP contribution in [-0.2, 0) is 0 Å². The first kappa shape index (κ1) is 13.8. The van der Waals surface area contributed by atoms with E-state index in [4.69, 9.17) is 10.2 Å². The molecule has 0 unspecified atom stereocenters. The molecular weight excluding hydrogens is 252 g/mol. The molecule has 1 aromatic carbocycles. The third kappa shape index (κ3) is 2.85. The van der Waals surface area contributed by atoms with Crippen molar-refractivity contribution in [2.24, 2.45) is 0 Å². The fraction of sp³-hybridized carbons (Fsp3) is 0.375. The van der Waals surface area contributed by atoms with E-state index in [1.807, 2.05) is 24.3 Å². The molecule has 1 aromatic heterocycles.